The second-order valence-electron chi connectivity index (χ2n) is 5.65. The minimum atomic E-state index is -4.59. The van der Waals surface area contributed by atoms with Crippen molar-refractivity contribution in [3.63, 3.8) is 0 Å². The highest BCUT2D eigenvalue weighted by molar-refractivity contribution is 5.30. The van der Waals surface area contributed by atoms with Gasteiger partial charge in [0.05, 0.1) is 12.2 Å². The number of nitrogens with zero attached hydrogens (tertiary/aromatic N) is 5. The SMILES string of the molecule is OC1(C(F)(F)F)CCN(Cc2nnnn2-c2ccccc2)CC1. The van der Waals surface area contributed by atoms with E-state index in [1.165, 1.54) is 0 Å². The van der Waals surface area contributed by atoms with E-state index in [-0.39, 0.29) is 25.9 Å². The number of piperidine rings is 1. The molecule has 0 bridgehead atoms. The molecule has 0 spiro atoms. The average molecular weight is 327 g/mol. The van der Waals surface area contributed by atoms with Crippen LogP contribution >= 0.6 is 0 Å². The van der Waals surface area contributed by atoms with Gasteiger partial charge in [-0.05, 0) is 35.4 Å². The molecule has 0 saturated carbocycles. The van der Waals surface area contributed by atoms with Gasteiger partial charge in [-0.25, -0.2) is 0 Å². The molecule has 0 amide bonds. The summed E-state index contributed by atoms with van der Waals surface area (Å²) in [5, 5.41) is 21.2. The van der Waals surface area contributed by atoms with Crippen LogP contribution in [-0.2, 0) is 6.54 Å². The quantitative estimate of drug-likeness (QED) is 0.926. The molecule has 124 valence electrons. The van der Waals surface area contributed by atoms with Crippen molar-refractivity contribution in [2.75, 3.05) is 13.1 Å². The van der Waals surface area contributed by atoms with Crippen LogP contribution in [0.2, 0.25) is 0 Å². The fraction of sp³-hybridized carbons (Fsp3) is 0.500. The smallest absolute Gasteiger partial charge is 0.380 e. The van der Waals surface area contributed by atoms with Crippen LogP contribution in [0.25, 0.3) is 5.69 Å². The van der Waals surface area contributed by atoms with Gasteiger partial charge in [0.25, 0.3) is 0 Å². The standard InChI is InChI=1S/C14H16F3N5O/c15-14(16,17)13(23)6-8-21(9-7-13)10-12-18-19-20-22(12)11-4-2-1-3-5-11/h1-5,23H,6-10H2. The maximum Gasteiger partial charge on any atom is 0.417 e. The van der Waals surface area contributed by atoms with Crippen LogP contribution in [0.5, 0.6) is 0 Å². The zero-order valence-electron chi connectivity index (χ0n) is 12.2. The second-order valence-corrected chi connectivity index (χ2v) is 5.65. The maximum atomic E-state index is 12.8. The van der Waals surface area contributed by atoms with Gasteiger partial charge < -0.3 is 5.11 Å². The number of tetrazole rings is 1. The number of aliphatic hydroxyl groups is 1. The van der Waals surface area contributed by atoms with E-state index in [9.17, 15) is 18.3 Å². The second kappa shape index (κ2) is 5.89. The molecule has 2 aromatic rings. The first-order valence-electron chi connectivity index (χ1n) is 7.23. The Morgan fingerprint density at radius 1 is 1.13 bits per heavy atom. The molecule has 1 saturated heterocycles. The molecule has 2 heterocycles. The molecule has 0 atom stereocenters. The lowest BCUT2D eigenvalue weighted by molar-refractivity contribution is -0.273. The van der Waals surface area contributed by atoms with Crippen molar-refractivity contribution in [3.05, 3.63) is 36.2 Å². The minimum Gasteiger partial charge on any atom is -0.380 e. The highest BCUT2D eigenvalue weighted by atomic mass is 19.4. The lowest BCUT2D eigenvalue weighted by Gasteiger charge is -2.38. The summed E-state index contributed by atoms with van der Waals surface area (Å²) >= 11 is 0. The molecule has 1 N–H and O–H groups in total. The first kappa shape index (κ1) is 15.9. The van der Waals surface area contributed by atoms with Crippen LogP contribution in [0.4, 0.5) is 13.2 Å². The molecule has 23 heavy (non-hydrogen) atoms. The third-order valence-corrected chi connectivity index (χ3v) is 4.11. The number of alkyl halides is 3. The summed E-state index contributed by atoms with van der Waals surface area (Å²) in [7, 11) is 0. The Labute approximate surface area is 130 Å². The van der Waals surface area contributed by atoms with E-state index in [1.54, 1.807) is 4.68 Å². The first-order valence-corrected chi connectivity index (χ1v) is 7.23. The summed E-state index contributed by atoms with van der Waals surface area (Å²) in [4.78, 5) is 1.81. The zero-order chi connectivity index (χ0) is 16.5. The third kappa shape index (κ3) is 3.20. The fourth-order valence-corrected chi connectivity index (χ4v) is 2.64. The summed E-state index contributed by atoms with van der Waals surface area (Å²) < 4.78 is 40.0. The van der Waals surface area contributed by atoms with Gasteiger partial charge in [-0.3, -0.25) is 4.90 Å². The summed E-state index contributed by atoms with van der Waals surface area (Å²) in [6, 6.07) is 9.27. The molecule has 3 rings (SSSR count). The van der Waals surface area contributed by atoms with Gasteiger partial charge in [0, 0.05) is 13.1 Å². The molecule has 0 aliphatic carbocycles. The molecule has 1 fully saturated rings. The van der Waals surface area contributed by atoms with Crippen molar-refractivity contribution in [1.29, 1.82) is 0 Å². The van der Waals surface area contributed by atoms with Crippen LogP contribution in [0, 0.1) is 0 Å². The highest BCUT2D eigenvalue weighted by Crippen LogP contribution is 2.38. The van der Waals surface area contributed by atoms with E-state index < -0.39 is 11.8 Å². The molecule has 0 unspecified atom stereocenters. The molecule has 6 nitrogen and oxygen atoms in total. The fourth-order valence-electron chi connectivity index (χ4n) is 2.64. The Hall–Kier alpha value is -2.00. The van der Waals surface area contributed by atoms with E-state index in [0.29, 0.717) is 12.4 Å². The minimum absolute atomic E-state index is 0.137. The number of halogens is 3. The van der Waals surface area contributed by atoms with Gasteiger partial charge >= 0.3 is 6.18 Å². The Morgan fingerprint density at radius 3 is 2.39 bits per heavy atom. The number of benzene rings is 1. The maximum absolute atomic E-state index is 12.8. The van der Waals surface area contributed by atoms with Crippen molar-refractivity contribution in [2.24, 2.45) is 0 Å². The lowest BCUT2D eigenvalue weighted by Crippen LogP contribution is -2.53. The molecular weight excluding hydrogens is 311 g/mol. The molecule has 9 heteroatoms. The Kier molecular flexibility index (Phi) is 4.07. The zero-order valence-corrected chi connectivity index (χ0v) is 12.2. The number of hydrogen-bond acceptors (Lipinski definition) is 5. The monoisotopic (exact) mass is 327 g/mol. The predicted octanol–water partition coefficient (Wildman–Crippen LogP) is 1.55. The van der Waals surface area contributed by atoms with E-state index in [1.807, 2.05) is 35.2 Å². The predicted molar refractivity (Wildman–Crippen MR) is 74.7 cm³/mol. The van der Waals surface area contributed by atoms with Crippen molar-refractivity contribution in [2.45, 2.75) is 31.2 Å². The normalized spacial score (nSPS) is 19.0. The topological polar surface area (TPSA) is 67.1 Å². The molecular formula is C14H16F3N5O. The van der Waals surface area contributed by atoms with Crippen LogP contribution in [-0.4, -0.2) is 55.1 Å². The largest absolute Gasteiger partial charge is 0.417 e. The summed E-state index contributed by atoms with van der Waals surface area (Å²) in [6.07, 6.45) is -5.28. The molecule has 1 aliphatic rings. The van der Waals surface area contributed by atoms with Crippen molar-refractivity contribution in [1.82, 2.24) is 25.1 Å². The van der Waals surface area contributed by atoms with Gasteiger partial charge in [-0.2, -0.15) is 17.9 Å². The van der Waals surface area contributed by atoms with Gasteiger partial charge in [-0.1, -0.05) is 18.2 Å². The van der Waals surface area contributed by atoms with Gasteiger partial charge in [-0.15, -0.1) is 5.10 Å². The van der Waals surface area contributed by atoms with Gasteiger partial charge in [0.15, 0.2) is 11.4 Å². The summed E-state index contributed by atoms with van der Waals surface area (Å²) in [6.45, 7) is 0.602. The van der Waals surface area contributed by atoms with Gasteiger partial charge in [0.1, 0.15) is 0 Å². The molecule has 1 aromatic carbocycles. The number of likely N-dealkylation sites (tertiary alicyclic amines) is 1. The Balaban J connectivity index is 1.68. The van der Waals surface area contributed by atoms with Crippen LogP contribution < -0.4 is 0 Å². The summed E-state index contributed by atoms with van der Waals surface area (Å²) in [5.41, 5.74) is -1.80. The first-order chi connectivity index (χ1) is 10.9. The van der Waals surface area contributed by atoms with Gasteiger partial charge in [0.2, 0.25) is 0 Å². The van der Waals surface area contributed by atoms with Crippen molar-refractivity contribution in [3.8, 4) is 5.69 Å². The van der Waals surface area contributed by atoms with E-state index in [4.69, 9.17) is 0 Å². The lowest BCUT2D eigenvalue weighted by atomic mass is 9.91. The number of rotatable bonds is 3. The van der Waals surface area contributed by atoms with Crippen LogP contribution in [0.15, 0.2) is 30.3 Å². The molecule has 1 aliphatic heterocycles. The number of para-hydroxylation sites is 1. The van der Waals surface area contributed by atoms with E-state index >= 15 is 0 Å². The Bertz CT molecular complexity index is 650. The summed E-state index contributed by atoms with van der Waals surface area (Å²) in [5.74, 6) is 0.550. The highest BCUT2D eigenvalue weighted by Gasteiger charge is 2.54. The van der Waals surface area contributed by atoms with Crippen LogP contribution in [0.3, 0.4) is 0 Å². The van der Waals surface area contributed by atoms with Crippen molar-refractivity contribution >= 4 is 0 Å². The van der Waals surface area contributed by atoms with Crippen LogP contribution in [0.1, 0.15) is 18.7 Å². The molecule has 1 aromatic heterocycles. The van der Waals surface area contributed by atoms with E-state index in [2.05, 4.69) is 15.5 Å². The number of aromatic nitrogens is 4. The van der Waals surface area contributed by atoms with E-state index in [0.717, 1.165) is 5.69 Å². The molecule has 0 radical (unpaired) electrons. The number of hydrogen-bond donors (Lipinski definition) is 1. The average Bonchev–Trinajstić information content (AvgIpc) is 2.98. The third-order valence-electron chi connectivity index (χ3n) is 4.11. The van der Waals surface area contributed by atoms with Crippen molar-refractivity contribution < 1.29 is 18.3 Å². The Morgan fingerprint density at radius 2 is 1.78 bits per heavy atom.